The van der Waals surface area contributed by atoms with Crippen LogP contribution in [0.1, 0.15) is 91.2 Å². The Bertz CT molecular complexity index is 602. The molecule has 3 rings (SSSR count). The van der Waals surface area contributed by atoms with Gasteiger partial charge in [-0.2, -0.15) is 0 Å². The highest BCUT2D eigenvalue weighted by atomic mass is 32.1. The summed E-state index contributed by atoms with van der Waals surface area (Å²) in [5.74, 6) is 0.982. The van der Waals surface area contributed by atoms with Gasteiger partial charge in [-0.1, -0.05) is 32.1 Å². The van der Waals surface area contributed by atoms with Crippen molar-refractivity contribution in [2.45, 2.75) is 115 Å². The smallest absolute Gasteiger partial charge is 0.169 e. The Hall–Kier alpha value is -1.07. The van der Waals surface area contributed by atoms with Crippen molar-refractivity contribution in [3.8, 4) is 0 Å². The lowest BCUT2D eigenvalue weighted by molar-refractivity contribution is 0.0959. The molecule has 4 nitrogen and oxygen atoms in total. The first-order chi connectivity index (χ1) is 13.2. The van der Waals surface area contributed by atoms with E-state index < -0.39 is 0 Å². The molecule has 28 heavy (non-hydrogen) atoms. The molecule has 1 aliphatic heterocycles. The van der Waals surface area contributed by atoms with E-state index in [1.807, 2.05) is 6.07 Å². The molecule has 0 spiro atoms. The number of thiocarbonyl (C=S) groups is 1. The number of nitrogens with one attached hydrogen (secondary N) is 2. The molecule has 0 unspecified atom stereocenters. The summed E-state index contributed by atoms with van der Waals surface area (Å²) in [6.07, 6.45) is 13.1. The van der Waals surface area contributed by atoms with Crippen molar-refractivity contribution in [1.82, 2.24) is 15.5 Å². The van der Waals surface area contributed by atoms with Crippen LogP contribution in [0.4, 0.5) is 0 Å². The lowest BCUT2D eigenvalue weighted by Crippen LogP contribution is -2.63. The maximum Gasteiger partial charge on any atom is 0.169 e. The number of nitrogens with zero attached hydrogens (tertiary/aromatic N) is 1. The van der Waals surface area contributed by atoms with Crippen LogP contribution in [-0.4, -0.2) is 33.2 Å². The quantitative estimate of drug-likeness (QED) is 0.658. The Kier molecular flexibility index (Phi) is 7.08. The Balaban J connectivity index is 1.75. The van der Waals surface area contributed by atoms with Crippen LogP contribution in [0.5, 0.6) is 0 Å². The topological polar surface area (TPSA) is 40.4 Å². The third-order valence-corrected chi connectivity index (χ3v) is 6.56. The van der Waals surface area contributed by atoms with Gasteiger partial charge >= 0.3 is 0 Å². The normalized spacial score (nSPS) is 23.6. The summed E-state index contributed by atoms with van der Waals surface area (Å²) in [6, 6.07) is 4.93. The second-order valence-electron chi connectivity index (χ2n) is 10.2. The molecule has 0 radical (unpaired) electrons. The molecule has 2 heterocycles. The van der Waals surface area contributed by atoms with Crippen molar-refractivity contribution in [2.24, 2.45) is 0 Å². The first-order valence-electron chi connectivity index (χ1n) is 11.1. The van der Waals surface area contributed by atoms with Crippen molar-refractivity contribution >= 4 is 17.3 Å². The molecular formula is C23H39N3OS. The van der Waals surface area contributed by atoms with Crippen LogP contribution >= 0.6 is 12.2 Å². The first kappa shape index (κ1) is 21.6. The van der Waals surface area contributed by atoms with Crippen LogP contribution in [0, 0.1) is 0 Å². The molecule has 1 saturated heterocycles. The minimum Gasteiger partial charge on any atom is -0.467 e. The van der Waals surface area contributed by atoms with Gasteiger partial charge in [-0.25, -0.2) is 0 Å². The Labute approximate surface area is 176 Å². The fraction of sp³-hybridized carbons (Fsp3) is 0.783. The van der Waals surface area contributed by atoms with Gasteiger partial charge in [0.05, 0.1) is 12.8 Å². The van der Waals surface area contributed by atoms with Gasteiger partial charge in [0.15, 0.2) is 5.11 Å². The molecule has 0 amide bonds. The standard InChI is InChI=1S/C23H39N3OS/c1-22(2)15-19(16-23(3,4)25-22)26(17-20-13-10-14-27-20)21(28)24-18-11-8-6-5-7-9-12-18/h10,13-14,18-19,25H,5-9,11-12,15-17H2,1-4H3,(H,24,28). The maximum absolute atomic E-state index is 5.99. The second-order valence-corrected chi connectivity index (χ2v) is 10.5. The predicted molar refractivity (Wildman–Crippen MR) is 120 cm³/mol. The van der Waals surface area contributed by atoms with E-state index in [1.165, 1.54) is 44.9 Å². The molecule has 1 saturated carbocycles. The van der Waals surface area contributed by atoms with Crippen molar-refractivity contribution in [1.29, 1.82) is 0 Å². The SMILES string of the molecule is CC1(C)CC(N(Cc2ccco2)C(=S)NC2CCCCCCC2)CC(C)(C)N1. The van der Waals surface area contributed by atoms with Crippen LogP contribution in [0.25, 0.3) is 0 Å². The highest BCUT2D eigenvalue weighted by molar-refractivity contribution is 7.80. The summed E-state index contributed by atoms with van der Waals surface area (Å²) in [6.45, 7) is 9.95. The van der Waals surface area contributed by atoms with Gasteiger partial charge in [-0.3, -0.25) is 0 Å². The van der Waals surface area contributed by atoms with Gasteiger partial charge in [0.25, 0.3) is 0 Å². The molecule has 1 aliphatic carbocycles. The minimum atomic E-state index is 0.0870. The lowest BCUT2D eigenvalue weighted by atomic mass is 9.79. The largest absolute Gasteiger partial charge is 0.467 e. The molecule has 2 fully saturated rings. The number of hydrogen-bond donors (Lipinski definition) is 2. The van der Waals surface area contributed by atoms with Gasteiger partial charge in [0.1, 0.15) is 5.76 Å². The summed E-state index contributed by atoms with van der Waals surface area (Å²) in [7, 11) is 0. The van der Waals surface area contributed by atoms with E-state index in [0.717, 1.165) is 30.3 Å². The summed E-state index contributed by atoms with van der Waals surface area (Å²) in [5.41, 5.74) is 0.174. The number of hydrogen-bond acceptors (Lipinski definition) is 3. The zero-order valence-corrected chi connectivity index (χ0v) is 19.0. The van der Waals surface area contributed by atoms with Gasteiger partial charge < -0.3 is 20.0 Å². The van der Waals surface area contributed by atoms with E-state index in [1.54, 1.807) is 6.26 Å². The average molecular weight is 406 g/mol. The molecule has 0 atom stereocenters. The van der Waals surface area contributed by atoms with E-state index in [0.29, 0.717) is 12.1 Å². The van der Waals surface area contributed by atoms with Gasteiger partial charge in [0.2, 0.25) is 0 Å². The number of furan rings is 1. The molecule has 1 aromatic heterocycles. The summed E-state index contributed by atoms with van der Waals surface area (Å²) < 4.78 is 5.69. The van der Waals surface area contributed by atoms with E-state index in [-0.39, 0.29) is 11.1 Å². The van der Waals surface area contributed by atoms with Crippen LogP contribution < -0.4 is 10.6 Å². The summed E-state index contributed by atoms with van der Waals surface area (Å²) in [4.78, 5) is 2.40. The fourth-order valence-corrected chi connectivity index (χ4v) is 5.66. The van der Waals surface area contributed by atoms with Crippen LogP contribution in [0.15, 0.2) is 22.8 Å². The monoisotopic (exact) mass is 405 g/mol. The lowest BCUT2D eigenvalue weighted by Gasteiger charge is -2.50. The van der Waals surface area contributed by atoms with Crippen LogP contribution in [0.3, 0.4) is 0 Å². The Morgan fingerprint density at radius 3 is 2.29 bits per heavy atom. The maximum atomic E-state index is 5.99. The van der Waals surface area contributed by atoms with Crippen LogP contribution in [-0.2, 0) is 6.54 Å². The molecular weight excluding hydrogens is 366 g/mol. The molecule has 2 aliphatic rings. The molecule has 1 aromatic rings. The zero-order chi connectivity index (χ0) is 20.2. The van der Waals surface area contributed by atoms with Crippen molar-refractivity contribution in [3.63, 3.8) is 0 Å². The third kappa shape index (κ3) is 6.21. The Morgan fingerprint density at radius 1 is 1.11 bits per heavy atom. The van der Waals surface area contributed by atoms with Gasteiger partial charge in [0, 0.05) is 23.2 Å². The third-order valence-electron chi connectivity index (χ3n) is 6.21. The minimum absolute atomic E-state index is 0.0870. The van der Waals surface area contributed by atoms with E-state index >= 15 is 0 Å². The number of piperidine rings is 1. The molecule has 2 N–H and O–H groups in total. The molecule has 0 aromatic carbocycles. The van der Waals surface area contributed by atoms with Crippen LogP contribution in [0.2, 0.25) is 0 Å². The van der Waals surface area contributed by atoms with Crippen molar-refractivity contribution in [3.05, 3.63) is 24.2 Å². The summed E-state index contributed by atoms with van der Waals surface area (Å²) in [5, 5.41) is 8.45. The highest BCUT2D eigenvalue weighted by Crippen LogP contribution is 2.32. The predicted octanol–water partition coefficient (Wildman–Crippen LogP) is 5.38. The summed E-state index contributed by atoms with van der Waals surface area (Å²) >= 11 is 5.99. The highest BCUT2D eigenvalue weighted by Gasteiger charge is 2.41. The van der Waals surface area contributed by atoms with E-state index in [4.69, 9.17) is 16.6 Å². The fourth-order valence-electron chi connectivity index (χ4n) is 5.28. The zero-order valence-electron chi connectivity index (χ0n) is 18.2. The first-order valence-corrected chi connectivity index (χ1v) is 11.5. The second kappa shape index (κ2) is 9.17. The van der Waals surface area contributed by atoms with Gasteiger partial charge in [-0.05, 0) is 77.7 Å². The van der Waals surface area contributed by atoms with Gasteiger partial charge in [-0.15, -0.1) is 0 Å². The number of rotatable bonds is 4. The van der Waals surface area contributed by atoms with Crippen molar-refractivity contribution in [2.75, 3.05) is 0 Å². The molecule has 158 valence electrons. The van der Waals surface area contributed by atoms with E-state index in [9.17, 15) is 0 Å². The van der Waals surface area contributed by atoms with E-state index in [2.05, 4.69) is 49.3 Å². The molecule has 5 heteroatoms. The average Bonchev–Trinajstić information content (AvgIpc) is 3.05. The Morgan fingerprint density at radius 2 is 1.71 bits per heavy atom. The van der Waals surface area contributed by atoms with Crippen molar-refractivity contribution < 1.29 is 4.42 Å². The molecule has 0 bridgehead atoms.